The third-order valence-corrected chi connectivity index (χ3v) is 3.00. The van der Waals surface area contributed by atoms with E-state index in [1.807, 2.05) is 24.3 Å². The van der Waals surface area contributed by atoms with Gasteiger partial charge < -0.3 is 10.2 Å². The summed E-state index contributed by atoms with van der Waals surface area (Å²) in [7, 11) is 0. The maximum absolute atomic E-state index is 10.0. The summed E-state index contributed by atoms with van der Waals surface area (Å²) in [5.41, 5.74) is 2.31. The molecule has 0 bridgehead atoms. The molecule has 4 nitrogen and oxygen atoms in total. The van der Waals surface area contributed by atoms with Crippen LogP contribution < -0.4 is 0 Å². The molecule has 90 valence electrons. The summed E-state index contributed by atoms with van der Waals surface area (Å²) in [5.74, 6) is 0.207. The van der Waals surface area contributed by atoms with Crippen LogP contribution in [-0.2, 0) is 0 Å². The monoisotopic (exact) mass is 250 g/mol. The maximum atomic E-state index is 10.0. The van der Waals surface area contributed by atoms with Gasteiger partial charge in [0.15, 0.2) is 0 Å². The number of benzene rings is 1. The Balaban J connectivity index is 2.41. The predicted molar refractivity (Wildman–Crippen MR) is 68.8 cm³/mol. The zero-order valence-corrected chi connectivity index (χ0v) is 10.0. The lowest BCUT2D eigenvalue weighted by Gasteiger charge is -2.18. The molecule has 0 amide bonds. The smallest absolute Gasteiger partial charge is 0.106 e. The molecule has 0 aliphatic heterocycles. The van der Waals surface area contributed by atoms with Crippen molar-refractivity contribution < 1.29 is 10.2 Å². The molecule has 2 atom stereocenters. The lowest BCUT2D eigenvalue weighted by atomic mass is 9.97. The van der Waals surface area contributed by atoms with Crippen LogP contribution in [0.2, 0.25) is 0 Å². The van der Waals surface area contributed by atoms with E-state index >= 15 is 0 Å². The first-order valence-corrected chi connectivity index (χ1v) is 5.93. The van der Waals surface area contributed by atoms with Crippen LogP contribution in [0.3, 0.4) is 0 Å². The Hall–Kier alpha value is -1.30. The van der Waals surface area contributed by atoms with Crippen LogP contribution in [0.5, 0.6) is 0 Å². The van der Waals surface area contributed by atoms with Gasteiger partial charge in [-0.3, -0.25) is 5.10 Å². The van der Waals surface area contributed by atoms with Crippen LogP contribution in [0.1, 0.15) is 11.7 Å². The summed E-state index contributed by atoms with van der Waals surface area (Å²) < 4.78 is 0. The van der Waals surface area contributed by atoms with Gasteiger partial charge in [-0.15, -0.1) is 0 Å². The van der Waals surface area contributed by atoms with Crippen molar-refractivity contribution in [1.29, 1.82) is 0 Å². The number of aromatic amines is 1. The van der Waals surface area contributed by atoms with Crippen molar-refractivity contribution in [3.63, 3.8) is 0 Å². The van der Waals surface area contributed by atoms with Crippen LogP contribution >= 0.6 is 12.6 Å². The van der Waals surface area contributed by atoms with E-state index in [9.17, 15) is 10.2 Å². The third kappa shape index (κ3) is 2.52. The molecule has 1 aromatic carbocycles. The van der Waals surface area contributed by atoms with Crippen molar-refractivity contribution in [3.8, 4) is 11.3 Å². The van der Waals surface area contributed by atoms with Gasteiger partial charge in [-0.1, -0.05) is 24.3 Å². The zero-order valence-electron chi connectivity index (χ0n) is 9.11. The fourth-order valence-corrected chi connectivity index (χ4v) is 1.91. The molecule has 2 unspecified atom stereocenters. The first-order valence-electron chi connectivity index (χ1n) is 5.29. The van der Waals surface area contributed by atoms with Crippen LogP contribution in [0, 0.1) is 0 Å². The summed E-state index contributed by atoms with van der Waals surface area (Å²) in [6, 6.07) is 9.17. The van der Waals surface area contributed by atoms with Gasteiger partial charge in [-0.2, -0.15) is 17.7 Å². The Morgan fingerprint density at radius 3 is 2.65 bits per heavy atom. The van der Waals surface area contributed by atoms with Crippen molar-refractivity contribution in [2.24, 2.45) is 0 Å². The van der Waals surface area contributed by atoms with E-state index in [0.29, 0.717) is 5.56 Å². The number of aliphatic hydroxyl groups is 2. The maximum Gasteiger partial charge on any atom is 0.106 e. The summed E-state index contributed by atoms with van der Waals surface area (Å²) in [6.45, 7) is 0. The molecular formula is C12H14N2O2S. The molecule has 0 radical (unpaired) electrons. The minimum atomic E-state index is -0.952. The first kappa shape index (κ1) is 12.2. The average Bonchev–Trinajstić information content (AvgIpc) is 2.90. The van der Waals surface area contributed by atoms with Crippen molar-refractivity contribution in [1.82, 2.24) is 10.2 Å². The van der Waals surface area contributed by atoms with Crippen LogP contribution in [0.25, 0.3) is 11.3 Å². The Kier molecular flexibility index (Phi) is 3.83. The molecule has 2 aromatic rings. The normalized spacial score (nSPS) is 14.5. The quantitative estimate of drug-likeness (QED) is 0.620. The minimum Gasteiger partial charge on any atom is -0.389 e. The number of aromatic nitrogens is 2. The van der Waals surface area contributed by atoms with Crippen molar-refractivity contribution in [3.05, 3.63) is 42.1 Å². The molecule has 3 N–H and O–H groups in total. The Bertz CT molecular complexity index is 473. The molecule has 0 saturated heterocycles. The molecule has 5 heteroatoms. The molecule has 17 heavy (non-hydrogen) atoms. The summed E-state index contributed by atoms with van der Waals surface area (Å²) in [5, 5.41) is 26.4. The number of nitrogens with one attached hydrogen (secondary N) is 1. The van der Waals surface area contributed by atoms with E-state index in [1.54, 1.807) is 12.3 Å². The summed E-state index contributed by atoms with van der Waals surface area (Å²) >= 11 is 3.98. The lowest BCUT2D eigenvalue weighted by Crippen LogP contribution is -2.20. The Labute approximate surface area is 105 Å². The molecule has 0 spiro atoms. The standard InChI is InChI=1S/C12H14N2O2S/c15-11(7-17)12(16)9-4-2-1-3-8(9)10-5-6-13-14-10/h1-6,11-12,15-17H,7H2,(H,13,14). The van der Waals surface area contributed by atoms with E-state index in [2.05, 4.69) is 22.8 Å². The van der Waals surface area contributed by atoms with Crippen LogP contribution in [-0.4, -0.2) is 32.3 Å². The molecule has 1 heterocycles. The van der Waals surface area contributed by atoms with Gasteiger partial charge in [0.2, 0.25) is 0 Å². The molecule has 2 rings (SSSR count). The third-order valence-electron chi connectivity index (χ3n) is 2.62. The molecule has 1 aromatic heterocycles. The number of aliphatic hydroxyl groups excluding tert-OH is 2. The highest BCUT2D eigenvalue weighted by molar-refractivity contribution is 7.80. The van der Waals surface area contributed by atoms with Gasteiger partial charge in [-0.05, 0) is 11.6 Å². The van der Waals surface area contributed by atoms with E-state index in [1.165, 1.54) is 0 Å². The van der Waals surface area contributed by atoms with Crippen LogP contribution in [0.4, 0.5) is 0 Å². The Morgan fingerprint density at radius 2 is 2.00 bits per heavy atom. The zero-order chi connectivity index (χ0) is 12.3. The topological polar surface area (TPSA) is 69.1 Å². The fraction of sp³-hybridized carbons (Fsp3) is 0.250. The molecule has 0 aliphatic carbocycles. The van der Waals surface area contributed by atoms with Gasteiger partial charge >= 0.3 is 0 Å². The van der Waals surface area contributed by atoms with Crippen LogP contribution in [0.15, 0.2) is 36.5 Å². The van der Waals surface area contributed by atoms with E-state index < -0.39 is 12.2 Å². The minimum absolute atomic E-state index is 0.207. The van der Waals surface area contributed by atoms with E-state index in [0.717, 1.165) is 11.3 Å². The Morgan fingerprint density at radius 1 is 1.24 bits per heavy atom. The average molecular weight is 250 g/mol. The van der Waals surface area contributed by atoms with Gasteiger partial charge in [0.05, 0.1) is 11.8 Å². The van der Waals surface area contributed by atoms with Gasteiger partial charge in [-0.25, -0.2) is 0 Å². The molecule has 0 fully saturated rings. The highest BCUT2D eigenvalue weighted by atomic mass is 32.1. The van der Waals surface area contributed by atoms with Gasteiger partial charge in [0.1, 0.15) is 6.10 Å². The fourth-order valence-electron chi connectivity index (χ4n) is 1.71. The largest absolute Gasteiger partial charge is 0.389 e. The highest BCUT2D eigenvalue weighted by Gasteiger charge is 2.20. The van der Waals surface area contributed by atoms with E-state index in [-0.39, 0.29) is 5.75 Å². The number of H-pyrrole nitrogens is 1. The second-order valence-electron chi connectivity index (χ2n) is 3.75. The van der Waals surface area contributed by atoms with Crippen molar-refractivity contribution in [2.75, 3.05) is 5.75 Å². The first-order chi connectivity index (χ1) is 8.24. The molecule has 0 aliphatic rings. The second kappa shape index (κ2) is 5.35. The van der Waals surface area contributed by atoms with Gasteiger partial charge in [0.25, 0.3) is 0 Å². The van der Waals surface area contributed by atoms with Crippen molar-refractivity contribution in [2.45, 2.75) is 12.2 Å². The van der Waals surface area contributed by atoms with Gasteiger partial charge in [0, 0.05) is 17.5 Å². The highest BCUT2D eigenvalue weighted by Crippen LogP contribution is 2.28. The van der Waals surface area contributed by atoms with Crippen molar-refractivity contribution >= 4 is 12.6 Å². The number of thiol groups is 1. The number of rotatable bonds is 4. The number of nitrogens with zero attached hydrogens (tertiary/aromatic N) is 1. The lowest BCUT2D eigenvalue weighted by molar-refractivity contribution is 0.0341. The SMILES string of the molecule is OC(CS)C(O)c1ccccc1-c1ccn[nH]1. The summed E-state index contributed by atoms with van der Waals surface area (Å²) in [6.07, 6.45) is -0.192. The van der Waals surface area contributed by atoms with E-state index in [4.69, 9.17) is 0 Å². The second-order valence-corrected chi connectivity index (χ2v) is 4.12. The number of hydrogen-bond acceptors (Lipinski definition) is 4. The number of hydrogen-bond donors (Lipinski definition) is 4. The summed E-state index contributed by atoms with van der Waals surface area (Å²) in [4.78, 5) is 0. The molecular weight excluding hydrogens is 236 g/mol. The molecule has 0 saturated carbocycles. The predicted octanol–water partition coefficient (Wildman–Crippen LogP) is 1.40.